The molecule has 0 unspecified atom stereocenters. The number of nitrogens with zero attached hydrogens (tertiary/aromatic N) is 3. The molecule has 27 heavy (non-hydrogen) atoms. The van der Waals surface area contributed by atoms with E-state index in [-0.39, 0.29) is 5.91 Å². The van der Waals surface area contributed by atoms with Crippen LogP contribution in [-0.2, 0) is 0 Å². The summed E-state index contributed by atoms with van der Waals surface area (Å²) < 4.78 is 0. The van der Waals surface area contributed by atoms with Crippen molar-refractivity contribution in [2.75, 3.05) is 24.5 Å². The molecule has 1 aromatic rings. The highest BCUT2D eigenvalue weighted by atomic mass is 16.1. The Balaban J connectivity index is 1.23. The van der Waals surface area contributed by atoms with E-state index in [1.807, 2.05) is 0 Å². The summed E-state index contributed by atoms with van der Waals surface area (Å²) in [7, 11) is 0. The largest absolute Gasteiger partial charge is 0.355 e. The molecule has 148 valence electrons. The Bertz CT molecular complexity index is 602. The van der Waals surface area contributed by atoms with Crippen LogP contribution in [-0.4, -0.2) is 47.6 Å². The van der Waals surface area contributed by atoms with Gasteiger partial charge < -0.3 is 15.5 Å². The number of piperidine rings is 1. The van der Waals surface area contributed by atoms with Gasteiger partial charge in [-0.2, -0.15) is 0 Å². The Morgan fingerprint density at radius 1 is 0.926 bits per heavy atom. The zero-order valence-electron chi connectivity index (χ0n) is 16.3. The van der Waals surface area contributed by atoms with Gasteiger partial charge in [0, 0.05) is 25.2 Å². The Morgan fingerprint density at radius 2 is 1.67 bits per heavy atom. The van der Waals surface area contributed by atoms with Gasteiger partial charge in [0.1, 0.15) is 11.5 Å². The average Bonchev–Trinajstić information content (AvgIpc) is 2.68. The number of nitrogens with one attached hydrogen (secondary N) is 2. The molecule has 2 aliphatic carbocycles. The minimum atomic E-state index is -0.0817. The van der Waals surface area contributed by atoms with Gasteiger partial charge in [-0.3, -0.25) is 4.79 Å². The Kier molecular flexibility index (Phi) is 6.22. The topological polar surface area (TPSA) is 70.2 Å². The lowest BCUT2D eigenvalue weighted by Gasteiger charge is -2.34. The third-order valence-electron chi connectivity index (χ3n) is 6.55. The molecule has 0 atom stereocenters. The quantitative estimate of drug-likeness (QED) is 0.805. The van der Waals surface area contributed by atoms with Crippen molar-refractivity contribution in [2.24, 2.45) is 5.92 Å². The minimum absolute atomic E-state index is 0.0817. The van der Waals surface area contributed by atoms with Gasteiger partial charge in [-0.1, -0.05) is 25.7 Å². The molecule has 1 aliphatic heterocycles. The average molecular weight is 372 g/mol. The molecule has 1 amide bonds. The van der Waals surface area contributed by atoms with E-state index >= 15 is 0 Å². The molecule has 0 spiro atoms. The van der Waals surface area contributed by atoms with Gasteiger partial charge in [-0.05, 0) is 51.0 Å². The van der Waals surface area contributed by atoms with Gasteiger partial charge in [-0.15, -0.1) is 0 Å². The fraction of sp³-hybridized carbons (Fsp3) is 0.762. The van der Waals surface area contributed by atoms with Crippen LogP contribution in [0.5, 0.6) is 0 Å². The Hall–Kier alpha value is -1.69. The van der Waals surface area contributed by atoms with E-state index in [4.69, 9.17) is 0 Å². The molecule has 2 N–H and O–H groups in total. The SMILES string of the molecule is O=C(NC1CCCCC1)c1cnc(N2CCC(CNC3CCC3)CC2)cn1. The van der Waals surface area contributed by atoms with Gasteiger partial charge >= 0.3 is 0 Å². The smallest absolute Gasteiger partial charge is 0.271 e. The highest BCUT2D eigenvalue weighted by molar-refractivity contribution is 5.92. The van der Waals surface area contributed by atoms with Crippen molar-refractivity contribution in [1.82, 2.24) is 20.6 Å². The van der Waals surface area contributed by atoms with E-state index in [1.165, 1.54) is 51.4 Å². The third kappa shape index (κ3) is 4.98. The van der Waals surface area contributed by atoms with Crippen LogP contribution < -0.4 is 15.5 Å². The van der Waals surface area contributed by atoms with Crippen molar-refractivity contribution in [3.05, 3.63) is 18.1 Å². The Morgan fingerprint density at radius 3 is 2.30 bits per heavy atom. The highest BCUT2D eigenvalue weighted by Gasteiger charge is 2.23. The number of rotatable bonds is 6. The highest BCUT2D eigenvalue weighted by Crippen LogP contribution is 2.23. The molecule has 4 rings (SSSR count). The monoisotopic (exact) mass is 371 g/mol. The van der Waals surface area contributed by atoms with Crippen molar-refractivity contribution in [1.29, 1.82) is 0 Å². The molecule has 2 heterocycles. The van der Waals surface area contributed by atoms with Crippen LogP contribution in [0.25, 0.3) is 0 Å². The molecule has 6 heteroatoms. The predicted octanol–water partition coefficient (Wildman–Crippen LogP) is 2.90. The number of carbonyl (C=O) groups is 1. The van der Waals surface area contributed by atoms with E-state index in [0.717, 1.165) is 50.3 Å². The summed E-state index contributed by atoms with van der Waals surface area (Å²) in [4.78, 5) is 23.6. The van der Waals surface area contributed by atoms with Crippen LogP contribution in [0.3, 0.4) is 0 Å². The van der Waals surface area contributed by atoms with Crippen molar-refractivity contribution in [3.8, 4) is 0 Å². The number of hydrogen-bond acceptors (Lipinski definition) is 5. The van der Waals surface area contributed by atoms with Gasteiger partial charge in [0.2, 0.25) is 0 Å². The molecule has 0 radical (unpaired) electrons. The fourth-order valence-corrected chi connectivity index (χ4v) is 4.42. The first-order valence-electron chi connectivity index (χ1n) is 10.9. The molecule has 3 aliphatic rings. The summed E-state index contributed by atoms with van der Waals surface area (Å²) in [5.74, 6) is 1.59. The second-order valence-corrected chi connectivity index (χ2v) is 8.53. The summed E-state index contributed by atoms with van der Waals surface area (Å²) in [5.41, 5.74) is 0.434. The van der Waals surface area contributed by atoms with E-state index in [9.17, 15) is 4.79 Å². The zero-order valence-corrected chi connectivity index (χ0v) is 16.3. The maximum atomic E-state index is 12.4. The molecule has 0 aromatic carbocycles. The lowest BCUT2D eigenvalue weighted by atomic mass is 9.91. The Labute approximate surface area is 162 Å². The first-order chi connectivity index (χ1) is 13.3. The minimum Gasteiger partial charge on any atom is -0.355 e. The number of carbonyl (C=O) groups excluding carboxylic acids is 1. The third-order valence-corrected chi connectivity index (χ3v) is 6.55. The first kappa shape index (κ1) is 18.7. The van der Waals surface area contributed by atoms with Crippen LogP contribution in [0, 0.1) is 5.92 Å². The number of anilines is 1. The normalized spacial score (nSPS) is 22.4. The number of amides is 1. The van der Waals surface area contributed by atoms with E-state index in [0.29, 0.717) is 11.7 Å². The van der Waals surface area contributed by atoms with Gasteiger partial charge in [0.15, 0.2) is 0 Å². The van der Waals surface area contributed by atoms with Crippen molar-refractivity contribution in [3.63, 3.8) is 0 Å². The van der Waals surface area contributed by atoms with Crippen LogP contribution in [0.4, 0.5) is 5.82 Å². The first-order valence-corrected chi connectivity index (χ1v) is 10.9. The summed E-state index contributed by atoms with van der Waals surface area (Å²) in [6, 6.07) is 1.08. The molecule has 6 nitrogen and oxygen atoms in total. The standard InChI is InChI=1S/C21H33N5O/c27-21(25-18-5-2-1-3-6-18)19-14-24-20(15-23-19)26-11-9-16(10-12-26)13-22-17-7-4-8-17/h14-18,22H,1-13H2,(H,25,27). The van der Waals surface area contributed by atoms with Gasteiger partial charge in [-0.25, -0.2) is 9.97 Å². The molecular weight excluding hydrogens is 338 g/mol. The second kappa shape index (κ2) is 9.00. The van der Waals surface area contributed by atoms with Crippen LogP contribution in [0.2, 0.25) is 0 Å². The van der Waals surface area contributed by atoms with E-state index in [2.05, 4.69) is 25.5 Å². The van der Waals surface area contributed by atoms with Crippen LogP contribution in [0.15, 0.2) is 12.4 Å². The summed E-state index contributed by atoms with van der Waals surface area (Å²) in [5, 5.41) is 6.82. The maximum absolute atomic E-state index is 12.4. The van der Waals surface area contributed by atoms with Gasteiger partial charge in [0.05, 0.1) is 12.4 Å². The summed E-state index contributed by atoms with van der Waals surface area (Å²) in [6.07, 6.45) is 15.8. The number of aromatic nitrogens is 2. The predicted molar refractivity (Wildman–Crippen MR) is 107 cm³/mol. The lowest BCUT2D eigenvalue weighted by molar-refractivity contribution is 0.0922. The van der Waals surface area contributed by atoms with Crippen molar-refractivity contribution >= 4 is 11.7 Å². The molecule has 1 saturated heterocycles. The maximum Gasteiger partial charge on any atom is 0.271 e. The summed E-state index contributed by atoms with van der Waals surface area (Å²) >= 11 is 0. The second-order valence-electron chi connectivity index (χ2n) is 8.53. The van der Waals surface area contributed by atoms with Crippen LogP contribution in [0.1, 0.15) is 74.7 Å². The molecule has 2 saturated carbocycles. The van der Waals surface area contributed by atoms with E-state index in [1.54, 1.807) is 12.4 Å². The summed E-state index contributed by atoms with van der Waals surface area (Å²) in [6.45, 7) is 3.21. The zero-order chi connectivity index (χ0) is 18.5. The molecule has 0 bridgehead atoms. The lowest BCUT2D eigenvalue weighted by Crippen LogP contribution is -2.42. The van der Waals surface area contributed by atoms with E-state index < -0.39 is 0 Å². The molecule has 1 aromatic heterocycles. The van der Waals surface area contributed by atoms with Crippen molar-refractivity contribution < 1.29 is 4.79 Å². The van der Waals surface area contributed by atoms with Crippen molar-refractivity contribution in [2.45, 2.75) is 76.3 Å². The molecule has 3 fully saturated rings. The van der Waals surface area contributed by atoms with Crippen LogP contribution >= 0.6 is 0 Å². The molecular formula is C21H33N5O. The number of hydrogen-bond donors (Lipinski definition) is 2. The van der Waals surface area contributed by atoms with Gasteiger partial charge in [0.25, 0.3) is 5.91 Å². The fourth-order valence-electron chi connectivity index (χ4n) is 4.42.